The highest BCUT2D eigenvalue weighted by Gasteiger charge is 2.20. The van der Waals surface area contributed by atoms with Crippen LogP contribution < -0.4 is 0 Å². The van der Waals surface area contributed by atoms with Crippen molar-refractivity contribution < 1.29 is 34.7 Å². The maximum Gasteiger partial charge on any atom is 0.297 e. The molecule has 0 amide bonds. The highest BCUT2D eigenvalue weighted by Crippen LogP contribution is 2.15. The van der Waals surface area contributed by atoms with Crippen molar-refractivity contribution in [3.63, 3.8) is 0 Å². The largest absolute Gasteiger partial charge is 0.374 e. The predicted octanol–water partition coefficient (Wildman–Crippen LogP) is 4.02. The lowest BCUT2D eigenvalue weighted by molar-refractivity contribution is -0.0469. The number of hydrogen-bond acceptors (Lipinski definition) is 8. The molecule has 0 radical (unpaired) electrons. The van der Waals surface area contributed by atoms with Crippen molar-refractivity contribution in [1.82, 2.24) is 0 Å². The minimum atomic E-state index is -4.01. The second-order valence-electron chi connectivity index (χ2n) is 8.13. The first-order valence-electron chi connectivity index (χ1n) is 11.3. The highest BCUT2D eigenvalue weighted by molar-refractivity contribution is 7.87. The van der Waals surface area contributed by atoms with E-state index in [1.165, 1.54) is 24.3 Å². The van der Waals surface area contributed by atoms with E-state index in [9.17, 15) is 16.8 Å². The van der Waals surface area contributed by atoms with E-state index in [0.29, 0.717) is 6.61 Å². The molecule has 0 aliphatic carbocycles. The molecule has 194 valence electrons. The summed E-state index contributed by atoms with van der Waals surface area (Å²) >= 11 is 0. The van der Waals surface area contributed by atoms with Gasteiger partial charge in [0.25, 0.3) is 20.2 Å². The van der Waals surface area contributed by atoms with Crippen LogP contribution in [0.15, 0.2) is 88.7 Å². The molecule has 0 fully saturated rings. The Morgan fingerprint density at radius 1 is 0.639 bits per heavy atom. The summed E-state index contributed by atoms with van der Waals surface area (Å²) in [6.07, 6.45) is -0.778. The minimum absolute atomic E-state index is 0.0308. The van der Waals surface area contributed by atoms with Crippen LogP contribution in [0.3, 0.4) is 0 Å². The van der Waals surface area contributed by atoms with Crippen molar-refractivity contribution in [2.24, 2.45) is 0 Å². The first kappa shape index (κ1) is 28.0. The first-order chi connectivity index (χ1) is 17.2. The van der Waals surface area contributed by atoms with Gasteiger partial charge >= 0.3 is 0 Å². The number of benzene rings is 3. The first-order valence-corrected chi connectivity index (χ1v) is 14.1. The minimum Gasteiger partial charge on any atom is -0.374 e. The molecule has 0 N–H and O–H groups in total. The second kappa shape index (κ2) is 13.1. The van der Waals surface area contributed by atoms with Crippen molar-refractivity contribution >= 4 is 20.2 Å². The van der Waals surface area contributed by atoms with Gasteiger partial charge in [-0.15, -0.1) is 0 Å². The van der Waals surface area contributed by atoms with Crippen molar-refractivity contribution in [2.75, 3.05) is 26.4 Å². The van der Waals surface area contributed by atoms with Crippen LogP contribution in [0.4, 0.5) is 0 Å². The van der Waals surface area contributed by atoms with E-state index in [4.69, 9.17) is 17.8 Å². The van der Waals surface area contributed by atoms with Gasteiger partial charge in [-0.25, -0.2) is 0 Å². The third kappa shape index (κ3) is 8.81. The summed E-state index contributed by atoms with van der Waals surface area (Å²) in [5.74, 6) is 0. The molecule has 0 bridgehead atoms. The van der Waals surface area contributed by atoms with Crippen LogP contribution in [-0.4, -0.2) is 49.4 Å². The van der Waals surface area contributed by atoms with Gasteiger partial charge in [0.1, 0.15) is 6.10 Å². The van der Waals surface area contributed by atoms with Gasteiger partial charge in [0, 0.05) is 0 Å². The number of ether oxygens (including phenoxy) is 2. The van der Waals surface area contributed by atoms with E-state index in [2.05, 4.69) is 0 Å². The third-order valence-electron chi connectivity index (χ3n) is 5.12. The smallest absolute Gasteiger partial charge is 0.297 e. The maximum absolute atomic E-state index is 12.6. The van der Waals surface area contributed by atoms with E-state index in [1.807, 2.05) is 44.2 Å². The Hall–Kier alpha value is -2.60. The normalized spacial score (nSPS) is 12.9. The van der Waals surface area contributed by atoms with Gasteiger partial charge in [0.15, 0.2) is 0 Å². The molecule has 0 saturated carbocycles. The number of rotatable bonds is 14. The standard InChI is InChI=1S/C26H30O8S2/c1-21-8-12-25(13-9-21)35(27,28)33-17-16-32-24(19-31-18-23-6-4-3-5-7-23)20-34-36(29,30)26-14-10-22(2)11-15-26/h3-15,24H,16-20H2,1-2H3/t24-/m0/s1. The van der Waals surface area contributed by atoms with Gasteiger partial charge in [-0.1, -0.05) is 65.7 Å². The van der Waals surface area contributed by atoms with Crippen LogP contribution in [0.25, 0.3) is 0 Å². The lowest BCUT2D eigenvalue weighted by Crippen LogP contribution is -2.29. The fourth-order valence-corrected chi connectivity index (χ4v) is 4.93. The summed E-state index contributed by atoms with van der Waals surface area (Å²) in [5, 5.41) is 0. The topological polar surface area (TPSA) is 105 Å². The molecule has 10 heteroatoms. The van der Waals surface area contributed by atoms with Crippen molar-refractivity contribution in [1.29, 1.82) is 0 Å². The molecule has 3 aromatic rings. The Labute approximate surface area is 213 Å². The highest BCUT2D eigenvalue weighted by atomic mass is 32.2. The third-order valence-corrected chi connectivity index (χ3v) is 7.74. The van der Waals surface area contributed by atoms with E-state index in [0.717, 1.165) is 16.7 Å². The van der Waals surface area contributed by atoms with Gasteiger partial charge in [0.05, 0.1) is 42.8 Å². The Morgan fingerprint density at radius 2 is 1.17 bits per heavy atom. The van der Waals surface area contributed by atoms with Crippen LogP contribution in [0.2, 0.25) is 0 Å². The quantitative estimate of drug-likeness (QED) is 0.226. The van der Waals surface area contributed by atoms with E-state index in [1.54, 1.807) is 24.3 Å². The fourth-order valence-electron chi connectivity index (χ4n) is 3.10. The predicted molar refractivity (Wildman–Crippen MR) is 134 cm³/mol. The maximum atomic E-state index is 12.6. The SMILES string of the molecule is Cc1ccc(S(=O)(=O)OCCO[C@@H](COCc2ccccc2)COS(=O)(=O)c2ccc(C)cc2)cc1. The zero-order chi connectivity index (χ0) is 26.0. The molecule has 36 heavy (non-hydrogen) atoms. The van der Waals surface area contributed by atoms with Crippen LogP contribution in [-0.2, 0) is 44.7 Å². The molecule has 0 aromatic heterocycles. The summed E-state index contributed by atoms with van der Waals surface area (Å²) in [6, 6.07) is 22.1. The molecule has 3 rings (SSSR count). The van der Waals surface area contributed by atoms with Crippen molar-refractivity contribution in [3.8, 4) is 0 Å². The monoisotopic (exact) mass is 534 g/mol. The molecule has 0 aliphatic heterocycles. The van der Waals surface area contributed by atoms with Gasteiger partial charge in [-0.05, 0) is 43.7 Å². The van der Waals surface area contributed by atoms with Crippen molar-refractivity contribution in [3.05, 3.63) is 95.6 Å². The average molecular weight is 535 g/mol. The van der Waals surface area contributed by atoms with Gasteiger partial charge in [0.2, 0.25) is 0 Å². The van der Waals surface area contributed by atoms with E-state index >= 15 is 0 Å². The van der Waals surface area contributed by atoms with Gasteiger partial charge in [-0.2, -0.15) is 16.8 Å². The summed E-state index contributed by atoms with van der Waals surface area (Å²) in [6.45, 7) is 3.36. The molecular formula is C26H30O8S2. The number of aryl methyl sites for hydroxylation is 2. The summed E-state index contributed by atoms with van der Waals surface area (Å²) < 4.78 is 71.4. The van der Waals surface area contributed by atoms with Crippen LogP contribution in [0.1, 0.15) is 16.7 Å². The van der Waals surface area contributed by atoms with E-state index in [-0.39, 0.29) is 36.2 Å². The second-order valence-corrected chi connectivity index (χ2v) is 11.4. The molecular weight excluding hydrogens is 504 g/mol. The lowest BCUT2D eigenvalue weighted by atomic mass is 10.2. The molecule has 1 atom stereocenters. The van der Waals surface area contributed by atoms with Gasteiger partial charge in [-0.3, -0.25) is 8.37 Å². The average Bonchev–Trinajstić information content (AvgIpc) is 2.86. The van der Waals surface area contributed by atoms with Crippen LogP contribution >= 0.6 is 0 Å². The Bertz CT molecular complexity index is 1290. The summed E-state index contributed by atoms with van der Waals surface area (Å²) in [5.41, 5.74) is 2.79. The Kier molecular flexibility index (Phi) is 10.2. The van der Waals surface area contributed by atoms with Crippen molar-refractivity contribution in [2.45, 2.75) is 36.3 Å². The molecule has 0 unspecified atom stereocenters. The molecule has 0 saturated heterocycles. The Morgan fingerprint density at radius 3 is 1.72 bits per heavy atom. The molecule has 0 spiro atoms. The fraction of sp³-hybridized carbons (Fsp3) is 0.308. The Balaban J connectivity index is 1.56. The molecule has 8 nitrogen and oxygen atoms in total. The number of hydrogen-bond donors (Lipinski definition) is 0. The van der Waals surface area contributed by atoms with Crippen LogP contribution in [0, 0.1) is 13.8 Å². The molecule has 3 aromatic carbocycles. The zero-order valence-electron chi connectivity index (χ0n) is 20.2. The summed E-state index contributed by atoms with van der Waals surface area (Å²) in [4.78, 5) is 0.0768. The van der Waals surface area contributed by atoms with Crippen LogP contribution in [0.5, 0.6) is 0 Å². The molecule has 0 aliphatic rings. The zero-order valence-corrected chi connectivity index (χ0v) is 21.8. The van der Waals surface area contributed by atoms with E-state index < -0.39 is 26.3 Å². The van der Waals surface area contributed by atoms with Gasteiger partial charge < -0.3 is 9.47 Å². The lowest BCUT2D eigenvalue weighted by Gasteiger charge is -2.18. The molecule has 0 heterocycles. The summed E-state index contributed by atoms with van der Waals surface area (Å²) in [7, 11) is -7.95.